The maximum atomic E-state index is 13.5. The predicted molar refractivity (Wildman–Crippen MR) is 135 cm³/mol. The summed E-state index contributed by atoms with van der Waals surface area (Å²) >= 11 is 6.18. The molecule has 0 saturated carbocycles. The lowest BCUT2D eigenvalue weighted by Gasteiger charge is -2.15. The first kappa shape index (κ1) is 28.7. The van der Waals surface area contributed by atoms with Crippen molar-refractivity contribution in [2.24, 2.45) is 0 Å². The van der Waals surface area contributed by atoms with Crippen LogP contribution >= 0.6 is 11.6 Å². The van der Waals surface area contributed by atoms with Crippen LogP contribution in [0.3, 0.4) is 0 Å². The van der Waals surface area contributed by atoms with E-state index in [4.69, 9.17) is 16.1 Å². The molecule has 214 valence electrons. The first-order valence-electron chi connectivity index (χ1n) is 11.7. The van der Waals surface area contributed by atoms with Gasteiger partial charge in [0.25, 0.3) is 0 Å². The van der Waals surface area contributed by atoms with E-state index in [1.807, 2.05) is 0 Å². The van der Waals surface area contributed by atoms with E-state index in [1.54, 1.807) is 6.07 Å². The Hall–Kier alpha value is -4.85. The molecule has 0 saturated heterocycles. The second-order valence-electron chi connectivity index (χ2n) is 8.79. The van der Waals surface area contributed by atoms with E-state index in [0.717, 1.165) is 4.68 Å². The zero-order valence-corrected chi connectivity index (χ0v) is 21.5. The zero-order chi connectivity index (χ0) is 30.2. The number of hydrogen-bond donors (Lipinski definition) is 0. The monoisotopic (exact) mass is 605 g/mol. The summed E-state index contributed by atoms with van der Waals surface area (Å²) in [5.74, 6) is -1.07. The van der Waals surface area contributed by atoms with E-state index in [2.05, 4.69) is 20.5 Å². The van der Waals surface area contributed by atoms with E-state index in [9.17, 15) is 35.9 Å². The van der Waals surface area contributed by atoms with E-state index >= 15 is 0 Å². The summed E-state index contributed by atoms with van der Waals surface area (Å²) in [6, 6.07) is 10.1. The predicted octanol–water partition coefficient (Wildman–Crippen LogP) is 6.78. The normalized spacial score (nSPS) is 12.0. The summed E-state index contributed by atoms with van der Waals surface area (Å²) < 4.78 is 87.2. The Bertz CT molecular complexity index is 1770. The van der Waals surface area contributed by atoms with Crippen molar-refractivity contribution >= 4 is 23.7 Å². The van der Waals surface area contributed by atoms with Crippen LogP contribution in [-0.4, -0.2) is 37.2 Å². The van der Waals surface area contributed by atoms with Gasteiger partial charge in [-0.15, -0.1) is 5.10 Å². The molecule has 15 heteroatoms. The van der Waals surface area contributed by atoms with Crippen molar-refractivity contribution in [1.82, 2.24) is 25.1 Å². The van der Waals surface area contributed by atoms with Gasteiger partial charge in [-0.05, 0) is 48.0 Å². The number of carbonyl (C=O) groups is 2. The van der Waals surface area contributed by atoms with E-state index in [0.29, 0.717) is 17.7 Å². The number of carbonyl (C=O) groups excluding carboxylic acids is 2. The number of nitrogens with zero attached hydrogens (tertiary/aromatic N) is 5. The van der Waals surface area contributed by atoms with Crippen LogP contribution < -0.4 is 0 Å². The highest BCUT2D eigenvalue weighted by molar-refractivity contribution is 6.35. The Morgan fingerprint density at radius 1 is 0.952 bits per heavy atom. The van der Waals surface area contributed by atoms with Gasteiger partial charge >= 0.3 is 12.4 Å². The number of hydrogen-bond acceptors (Lipinski definition) is 7. The summed E-state index contributed by atoms with van der Waals surface area (Å²) in [5, 5.41) is 11.7. The largest absolute Gasteiger partial charge is 0.416 e. The van der Waals surface area contributed by atoms with Gasteiger partial charge in [-0.1, -0.05) is 34.1 Å². The maximum absolute atomic E-state index is 13.5. The third-order valence-corrected chi connectivity index (χ3v) is 6.39. The molecule has 0 fully saturated rings. The quantitative estimate of drug-likeness (QED) is 0.114. The number of pyridine rings is 1. The van der Waals surface area contributed by atoms with E-state index < -0.39 is 41.5 Å². The summed E-state index contributed by atoms with van der Waals surface area (Å²) in [5.41, 5.74) is -3.92. The minimum Gasteiger partial charge on any atom is -0.353 e. The van der Waals surface area contributed by atoms with Gasteiger partial charge in [0.2, 0.25) is 11.5 Å². The smallest absolute Gasteiger partial charge is 0.353 e. The molecule has 0 amide bonds. The Morgan fingerprint density at radius 3 is 2.19 bits per heavy atom. The molecule has 8 nitrogen and oxygen atoms in total. The summed E-state index contributed by atoms with van der Waals surface area (Å²) in [7, 11) is 0. The Balaban J connectivity index is 1.69. The molecule has 0 bridgehead atoms. The minimum atomic E-state index is -5.06. The summed E-state index contributed by atoms with van der Waals surface area (Å²) in [6.07, 6.45) is -7.10. The molecule has 42 heavy (non-hydrogen) atoms. The van der Waals surface area contributed by atoms with Crippen molar-refractivity contribution in [2.45, 2.75) is 18.9 Å². The fourth-order valence-corrected chi connectivity index (χ4v) is 4.42. The maximum Gasteiger partial charge on any atom is 0.416 e. The molecule has 0 aliphatic rings. The number of aromatic nitrogens is 5. The van der Waals surface area contributed by atoms with Crippen molar-refractivity contribution in [1.29, 1.82) is 0 Å². The fraction of sp³-hybridized carbons (Fsp3) is 0.111. The molecule has 0 atom stereocenters. The molecule has 0 aliphatic carbocycles. The first-order chi connectivity index (χ1) is 19.9. The molecule has 0 spiro atoms. The van der Waals surface area contributed by atoms with Crippen molar-refractivity contribution in [3.8, 4) is 22.7 Å². The number of aldehydes is 1. The van der Waals surface area contributed by atoms with Crippen LogP contribution in [0.5, 0.6) is 0 Å². The number of rotatable bonds is 7. The van der Waals surface area contributed by atoms with Gasteiger partial charge in [-0.25, -0.2) is 4.68 Å². The molecule has 5 rings (SSSR count). The first-order valence-corrected chi connectivity index (χ1v) is 12.1. The number of halogens is 7. The van der Waals surface area contributed by atoms with Crippen LogP contribution in [0.4, 0.5) is 26.3 Å². The standard InChI is InChI=1S/C27H14ClF6N5O3/c28-19-4-2-1-3-18(19)24(41)21-20(13-40)37-42-25(21)22-23(15-5-7-35-8-6-15)39(38-36-22)12-14-9-16(26(29,30)31)11-17(10-14)27(32,33)34/h1-11,13H,12H2. The van der Waals surface area contributed by atoms with Crippen LogP contribution in [0, 0.1) is 0 Å². The SMILES string of the molecule is O=Cc1noc(-c2nnn(Cc3cc(C(F)(F)F)cc(C(F)(F)F)c3)c2-c2ccncc2)c1C(=O)c1ccccc1Cl. The summed E-state index contributed by atoms with van der Waals surface area (Å²) in [6.45, 7) is -0.597. The van der Waals surface area contributed by atoms with Gasteiger partial charge in [0, 0.05) is 23.5 Å². The Labute approximate surface area is 236 Å². The average molecular weight is 606 g/mol. The fourth-order valence-electron chi connectivity index (χ4n) is 4.20. The highest BCUT2D eigenvalue weighted by atomic mass is 35.5. The molecule has 0 aliphatic heterocycles. The average Bonchev–Trinajstić information content (AvgIpc) is 3.56. The summed E-state index contributed by atoms with van der Waals surface area (Å²) in [4.78, 5) is 29.2. The van der Waals surface area contributed by atoms with Gasteiger partial charge < -0.3 is 4.52 Å². The van der Waals surface area contributed by atoms with Crippen LogP contribution in [0.15, 0.2) is 71.5 Å². The van der Waals surface area contributed by atoms with Gasteiger partial charge in [-0.2, -0.15) is 26.3 Å². The number of benzene rings is 2. The Kier molecular flexibility index (Phi) is 7.41. The lowest BCUT2D eigenvalue weighted by molar-refractivity contribution is -0.143. The molecular formula is C27H14ClF6N5O3. The van der Waals surface area contributed by atoms with Crippen LogP contribution in [0.1, 0.15) is 43.1 Å². The van der Waals surface area contributed by atoms with Crippen molar-refractivity contribution in [3.05, 3.63) is 106 Å². The molecule has 2 aromatic carbocycles. The highest BCUT2D eigenvalue weighted by Gasteiger charge is 2.37. The van der Waals surface area contributed by atoms with Gasteiger partial charge in [0.05, 0.1) is 22.7 Å². The van der Waals surface area contributed by atoms with Crippen molar-refractivity contribution in [2.75, 3.05) is 0 Å². The molecule has 3 aromatic heterocycles. The van der Waals surface area contributed by atoms with Gasteiger partial charge in [0.15, 0.2) is 17.7 Å². The number of alkyl halides is 6. The van der Waals surface area contributed by atoms with Crippen molar-refractivity contribution < 1.29 is 40.5 Å². The number of ketones is 1. The molecule has 0 unspecified atom stereocenters. The van der Waals surface area contributed by atoms with Gasteiger partial charge in [-0.3, -0.25) is 14.6 Å². The second-order valence-corrected chi connectivity index (χ2v) is 9.20. The van der Waals surface area contributed by atoms with E-state index in [-0.39, 0.29) is 51.2 Å². The molecule has 3 heterocycles. The third-order valence-electron chi connectivity index (χ3n) is 6.06. The second kappa shape index (κ2) is 10.9. The van der Waals surface area contributed by atoms with Crippen molar-refractivity contribution in [3.63, 3.8) is 0 Å². The minimum absolute atomic E-state index is 0.00761. The van der Waals surface area contributed by atoms with Crippen LogP contribution in [-0.2, 0) is 18.9 Å². The highest BCUT2D eigenvalue weighted by Crippen LogP contribution is 2.38. The van der Waals surface area contributed by atoms with Gasteiger partial charge in [0.1, 0.15) is 11.3 Å². The molecule has 0 N–H and O–H groups in total. The van der Waals surface area contributed by atoms with Crippen LogP contribution in [0.25, 0.3) is 22.7 Å². The molecular weight excluding hydrogens is 592 g/mol. The molecule has 0 radical (unpaired) electrons. The van der Waals surface area contributed by atoms with Crippen LogP contribution in [0.2, 0.25) is 5.02 Å². The molecule has 5 aromatic rings. The lowest BCUT2D eigenvalue weighted by atomic mass is 9.98. The lowest BCUT2D eigenvalue weighted by Crippen LogP contribution is -2.13. The third kappa shape index (κ3) is 5.52. The van der Waals surface area contributed by atoms with E-state index in [1.165, 1.54) is 42.7 Å². The topological polar surface area (TPSA) is 104 Å². The Morgan fingerprint density at radius 2 is 1.60 bits per heavy atom. The zero-order valence-electron chi connectivity index (χ0n) is 20.7.